The van der Waals surface area contributed by atoms with Crippen molar-refractivity contribution < 1.29 is 34.6 Å². The highest BCUT2D eigenvalue weighted by Crippen LogP contribution is 2.51. The molecular formula is C48H30O. The normalized spacial score (nSPS) is 18.0. The third-order valence-corrected chi connectivity index (χ3v) is 8.46. The molecule has 0 radical (unpaired) electrons. The van der Waals surface area contributed by atoms with E-state index in [0.717, 1.165) is 0 Å². The number of hydrogen-bond donors (Lipinski definition) is 0. The minimum atomic E-state index is -0.861. The van der Waals surface area contributed by atoms with Gasteiger partial charge in [-0.1, -0.05) is 175 Å². The first-order chi connectivity index (χ1) is 33.5. The van der Waals surface area contributed by atoms with Crippen LogP contribution in [0.25, 0.3) is 98.8 Å². The zero-order valence-electron chi connectivity index (χ0n) is 47.0. The number of rotatable bonds is 4. The third kappa shape index (κ3) is 4.33. The number of furan rings is 1. The Bertz CT molecular complexity index is 4020. The number of hydrogen-bond acceptors (Lipinski definition) is 1. The molecule has 0 N–H and O–H groups in total. The molecule has 0 aliphatic carbocycles. The van der Waals surface area contributed by atoms with Crippen LogP contribution in [0.15, 0.2) is 186 Å². The lowest BCUT2D eigenvalue weighted by molar-refractivity contribution is 0.633. The lowest BCUT2D eigenvalue weighted by Gasteiger charge is -2.18. The van der Waals surface area contributed by atoms with Crippen molar-refractivity contribution in [2.75, 3.05) is 0 Å². The van der Waals surface area contributed by atoms with Crippen molar-refractivity contribution in [2.45, 2.75) is 0 Å². The van der Waals surface area contributed by atoms with Crippen LogP contribution < -0.4 is 0 Å². The van der Waals surface area contributed by atoms with Gasteiger partial charge in [0.1, 0.15) is 11.3 Å². The first kappa shape index (κ1) is 13.6. The molecule has 0 fully saturated rings. The minimum absolute atomic E-state index is 0.00620. The molecule has 0 aliphatic heterocycles. The molecule has 10 rings (SSSR count). The van der Waals surface area contributed by atoms with Crippen LogP contribution in [0.3, 0.4) is 0 Å². The van der Waals surface area contributed by atoms with Crippen LogP contribution in [-0.2, 0) is 0 Å². The zero-order chi connectivity index (χ0) is 51.5. The van der Waals surface area contributed by atoms with Crippen molar-refractivity contribution in [3.05, 3.63) is 181 Å². The highest BCUT2D eigenvalue weighted by Gasteiger charge is 2.25. The van der Waals surface area contributed by atoms with E-state index in [1.807, 2.05) is 0 Å². The summed E-state index contributed by atoms with van der Waals surface area (Å²) in [5, 5.41) is -3.72. The highest BCUT2D eigenvalue weighted by atomic mass is 16.3. The van der Waals surface area contributed by atoms with Crippen molar-refractivity contribution in [1.82, 2.24) is 0 Å². The molecule has 1 heterocycles. The lowest BCUT2D eigenvalue weighted by atomic mass is 9.84. The first-order valence-corrected chi connectivity index (χ1v) is 15.1. The second-order valence-electron chi connectivity index (χ2n) is 11.1. The van der Waals surface area contributed by atoms with Crippen molar-refractivity contribution in [2.24, 2.45) is 0 Å². The predicted octanol–water partition coefficient (Wildman–Crippen LogP) is 13.7. The molecule has 49 heavy (non-hydrogen) atoms. The summed E-state index contributed by atoms with van der Waals surface area (Å²) in [6, 6.07) is -4.13. The highest BCUT2D eigenvalue weighted by molar-refractivity contribution is 6.25. The zero-order valence-corrected chi connectivity index (χ0v) is 25.0. The van der Waals surface area contributed by atoms with Gasteiger partial charge in [-0.05, 0) is 65.8 Å². The number of benzene rings is 9. The predicted molar refractivity (Wildman–Crippen MR) is 208 cm³/mol. The van der Waals surface area contributed by atoms with Crippen LogP contribution in [-0.4, -0.2) is 0 Å². The van der Waals surface area contributed by atoms with Gasteiger partial charge in [-0.3, -0.25) is 0 Å². The van der Waals surface area contributed by atoms with Crippen LogP contribution in [0.2, 0.25) is 0 Å². The first-order valence-electron chi connectivity index (χ1n) is 26.1. The van der Waals surface area contributed by atoms with Crippen molar-refractivity contribution in [3.8, 4) is 44.7 Å². The van der Waals surface area contributed by atoms with Crippen molar-refractivity contribution >= 4 is 54.1 Å². The minimum Gasteiger partial charge on any atom is -0.455 e. The molecule has 0 unspecified atom stereocenters. The van der Waals surface area contributed by atoms with E-state index in [9.17, 15) is 11.0 Å². The van der Waals surface area contributed by atoms with E-state index in [4.69, 9.17) is 23.6 Å². The van der Waals surface area contributed by atoms with E-state index < -0.39 is 204 Å². The van der Waals surface area contributed by atoms with E-state index in [1.54, 1.807) is 42.5 Å². The van der Waals surface area contributed by atoms with E-state index >= 15 is 0 Å². The standard InChI is InChI=1S/C48H30O/c1-3-14-31(15-4-1)38-24-13-25-43-46(47(49-48(38)43)35-28-29-37-34(30-35)27-26-32-16-7-8-19-36(32)37)45-41-22-11-9-20-39(41)44(33-17-5-2-6-18-33)40-21-10-12-23-42(40)45/h1-30H/i2D,5D,6D,7D,8D,9D,10D,11D,12D,16D,17D,18D,19D,20D,21D,22D,23D,26D,27D,28D,29D,30D. The van der Waals surface area contributed by atoms with Crippen molar-refractivity contribution in [1.29, 1.82) is 0 Å². The summed E-state index contributed by atoms with van der Waals surface area (Å²) in [4.78, 5) is 0. The van der Waals surface area contributed by atoms with Crippen LogP contribution in [0.4, 0.5) is 0 Å². The van der Waals surface area contributed by atoms with Gasteiger partial charge in [-0.2, -0.15) is 0 Å². The summed E-state index contributed by atoms with van der Waals surface area (Å²) < 4.78 is 206. The molecule has 9 aromatic carbocycles. The molecular weight excluding hydrogens is 593 g/mol. The fourth-order valence-electron chi connectivity index (χ4n) is 6.41. The van der Waals surface area contributed by atoms with E-state index in [-0.39, 0.29) is 16.5 Å². The molecule has 0 atom stereocenters. The molecule has 1 nitrogen and oxygen atoms in total. The summed E-state index contributed by atoms with van der Waals surface area (Å²) in [5.74, 6) is -0.493. The fourth-order valence-corrected chi connectivity index (χ4v) is 6.41. The van der Waals surface area contributed by atoms with Crippen LogP contribution in [0.5, 0.6) is 0 Å². The van der Waals surface area contributed by atoms with Gasteiger partial charge >= 0.3 is 0 Å². The maximum Gasteiger partial charge on any atom is 0.143 e. The number of fused-ring (bicyclic) bond motifs is 6. The van der Waals surface area contributed by atoms with Gasteiger partial charge in [0.05, 0.1) is 30.2 Å². The Morgan fingerprint density at radius 1 is 0.367 bits per heavy atom. The Kier molecular flexibility index (Phi) is 3.07. The van der Waals surface area contributed by atoms with Crippen LogP contribution in [0, 0.1) is 0 Å². The van der Waals surface area contributed by atoms with Gasteiger partial charge < -0.3 is 4.42 Å². The Morgan fingerprint density at radius 2 is 0.980 bits per heavy atom. The summed E-state index contributed by atoms with van der Waals surface area (Å²) in [6.07, 6.45) is 0. The molecule has 10 aromatic rings. The maximum atomic E-state index is 9.86. The van der Waals surface area contributed by atoms with Gasteiger partial charge in [0.2, 0.25) is 0 Å². The molecule has 0 bridgehead atoms. The number of para-hydroxylation sites is 1. The van der Waals surface area contributed by atoms with Gasteiger partial charge in [-0.25, -0.2) is 0 Å². The van der Waals surface area contributed by atoms with Gasteiger partial charge in [-0.15, -0.1) is 0 Å². The molecule has 228 valence electrons. The van der Waals surface area contributed by atoms with Crippen LogP contribution >= 0.6 is 0 Å². The van der Waals surface area contributed by atoms with Crippen LogP contribution in [0.1, 0.15) is 30.2 Å². The Hall–Kier alpha value is -6.44. The maximum absolute atomic E-state index is 9.86. The average Bonchev–Trinajstić information content (AvgIpc) is 3.74. The molecule has 0 saturated carbocycles. The largest absolute Gasteiger partial charge is 0.455 e. The lowest BCUT2D eigenvalue weighted by Crippen LogP contribution is -1.91. The molecule has 1 aromatic heterocycles. The Labute approximate surface area is 315 Å². The van der Waals surface area contributed by atoms with Crippen molar-refractivity contribution in [3.63, 3.8) is 0 Å². The summed E-state index contributed by atoms with van der Waals surface area (Å²) in [5.41, 5.74) is -1.45. The van der Waals surface area contributed by atoms with E-state index in [1.165, 1.54) is 6.07 Å². The molecule has 0 saturated heterocycles. The molecule has 0 aliphatic rings. The molecule has 0 spiro atoms. The van der Waals surface area contributed by atoms with Gasteiger partial charge in [0.15, 0.2) is 0 Å². The topological polar surface area (TPSA) is 13.1 Å². The molecule has 0 amide bonds. The Morgan fingerprint density at radius 3 is 1.71 bits per heavy atom. The smallest absolute Gasteiger partial charge is 0.143 e. The summed E-state index contributed by atoms with van der Waals surface area (Å²) in [7, 11) is 0. The average molecular weight is 645 g/mol. The summed E-state index contributed by atoms with van der Waals surface area (Å²) in [6.45, 7) is 0. The SMILES string of the molecule is [2H]c1c([2H])c([2H])c(-c2c3c([2H])c([2H])c([2H])c([2H])c3c(-c3c(-c4c([2H])c([2H])c5c(c4[2H])c([2H])c([2H])c4c([2H])c([2H])c([2H])c([2H])c45)oc4c(-c5ccccc5)cccc34)c3c([2H])c([2H])c([2H])c([2H])c23)c([2H])c1[2H]. The quantitative estimate of drug-likeness (QED) is 0.137. The Balaban J connectivity index is 1.54. The van der Waals surface area contributed by atoms with Gasteiger partial charge in [0.25, 0.3) is 0 Å². The molecule has 1 heteroatoms. The van der Waals surface area contributed by atoms with Gasteiger partial charge in [0, 0.05) is 27.6 Å². The fraction of sp³-hybridized carbons (Fsp3) is 0. The second-order valence-corrected chi connectivity index (χ2v) is 11.1. The third-order valence-electron chi connectivity index (χ3n) is 8.46. The van der Waals surface area contributed by atoms with E-state index in [2.05, 4.69) is 0 Å². The monoisotopic (exact) mass is 644 g/mol. The van der Waals surface area contributed by atoms with E-state index in [0.29, 0.717) is 11.1 Å². The second kappa shape index (κ2) is 11.1. The summed E-state index contributed by atoms with van der Waals surface area (Å²) >= 11 is 0.